The van der Waals surface area contributed by atoms with Gasteiger partial charge < -0.3 is 25.2 Å². The van der Waals surface area contributed by atoms with Crippen LogP contribution < -0.4 is 10.6 Å². The molecule has 0 unspecified atom stereocenters. The molecule has 7 heteroatoms. The summed E-state index contributed by atoms with van der Waals surface area (Å²) >= 11 is 0. The van der Waals surface area contributed by atoms with Crippen molar-refractivity contribution in [2.24, 2.45) is 0 Å². The van der Waals surface area contributed by atoms with Gasteiger partial charge in [0.05, 0.1) is 18.8 Å². The van der Waals surface area contributed by atoms with Gasteiger partial charge in [-0.15, -0.1) is 0 Å². The van der Waals surface area contributed by atoms with E-state index in [2.05, 4.69) is 125 Å². The molecule has 1 fully saturated rings. The Morgan fingerprint density at radius 2 is 1.33 bits per heavy atom. The third kappa shape index (κ3) is 9.65. The average Bonchev–Trinajstić information content (AvgIpc) is 3.15. The van der Waals surface area contributed by atoms with E-state index in [0.717, 1.165) is 53.0 Å². The number of hydrogen-bond acceptors (Lipinski definition) is 5. The summed E-state index contributed by atoms with van der Waals surface area (Å²) in [6, 6.07) is 45.6. The summed E-state index contributed by atoms with van der Waals surface area (Å²) in [5.41, 5.74) is 8.60. The molecule has 252 valence electrons. The molecule has 49 heavy (non-hydrogen) atoms. The molecular formula is C42H45N3O4. The summed E-state index contributed by atoms with van der Waals surface area (Å²) in [5.74, 6) is 0. The van der Waals surface area contributed by atoms with E-state index in [1.54, 1.807) is 0 Å². The molecular weight excluding hydrogens is 610 g/mol. The molecule has 0 saturated carbocycles. The van der Waals surface area contributed by atoms with Gasteiger partial charge in [0.15, 0.2) is 6.29 Å². The summed E-state index contributed by atoms with van der Waals surface area (Å²) in [5, 5.41) is 15.3. The van der Waals surface area contributed by atoms with Gasteiger partial charge in [-0.05, 0) is 51.9 Å². The average molecular weight is 656 g/mol. The summed E-state index contributed by atoms with van der Waals surface area (Å²) < 4.78 is 13.4. The fourth-order valence-corrected chi connectivity index (χ4v) is 6.29. The molecule has 0 radical (unpaired) electrons. The number of amides is 2. The van der Waals surface area contributed by atoms with E-state index in [-0.39, 0.29) is 24.8 Å². The number of aliphatic hydroxyl groups excluding tert-OH is 1. The summed E-state index contributed by atoms with van der Waals surface area (Å²) in [6.45, 7) is 5.31. The lowest BCUT2D eigenvalue weighted by Crippen LogP contribution is -2.39. The number of rotatable bonds is 13. The largest absolute Gasteiger partial charge is 0.392 e. The molecule has 3 atom stereocenters. The van der Waals surface area contributed by atoms with Gasteiger partial charge in [-0.25, -0.2) is 4.79 Å². The highest BCUT2D eigenvalue weighted by Crippen LogP contribution is 2.39. The van der Waals surface area contributed by atoms with Crippen molar-refractivity contribution in [3.8, 4) is 11.1 Å². The SMILES string of the molecule is CCNC(=O)NCc1cccc(-c2ccc([C@H]3O[C@@H](CN(Cc4ccccc4)Cc4ccccc4)C[C@@H](c4ccc(CO)cc4)O3)cc2)c1. The minimum Gasteiger partial charge on any atom is -0.392 e. The topological polar surface area (TPSA) is 83.1 Å². The van der Waals surface area contributed by atoms with Crippen LogP contribution in [0.4, 0.5) is 4.79 Å². The fourth-order valence-electron chi connectivity index (χ4n) is 6.29. The number of carbonyl (C=O) groups is 1. The zero-order valence-corrected chi connectivity index (χ0v) is 28.0. The molecule has 7 nitrogen and oxygen atoms in total. The molecule has 1 aliphatic heterocycles. The highest BCUT2D eigenvalue weighted by molar-refractivity contribution is 5.74. The smallest absolute Gasteiger partial charge is 0.315 e. The van der Waals surface area contributed by atoms with Gasteiger partial charge in [0.1, 0.15) is 0 Å². The second-order valence-corrected chi connectivity index (χ2v) is 12.5. The maximum Gasteiger partial charge on any atom is 0.315 e. The van der Waals surface area contributed by atoms with Crippen molar-refractivity contribution in [3.63, 3.8) is 0 Å². The second-order valence-electron chi connectivity index (χ2n) is 12.5. The first-order chi connectivity index (χ1) is 24.1. The van der Waals surface area contributed by atoms with Crippen molar-refractivity contribution in [1.82, 2.24) is 15.5 Å². The Morgan fingerprint density at radius 3 is 1.96 bits per heavy atom. The Bertz CT molecular complexity index is 1710. The van der Waals surface area contributed by atoms with E-state index in [1.165, 1.54) is 11.1 Å². The van der Waals surface area contributed by atoms with Crippen LogP contribution in [0.5, 0.6) is 0 Å². The number of urea groups is 1. The van der Waals surface area contributed by atoms with Gasteiger partial charge in [0.2, 0.25) is 0 Å². The molecule has 1 saturated heterocycles. The Balaban J connectivity index is 1.22. The molecule has 1 heterocycles. The van der Waals surface area contributed by atoms with Crippen LogP contribution in [-0.2, 0) is 35.7 Å². The number of carbonyl (C=O) groups excluding carboxylic acids is 1. The molecule has 3 N–H and O–H groups in total. The molecule has 0 aliphatic carbocycles. The maximum atomic E-state index is 11.9. The summed E-state index contributed by atoms with van der Waals surface area (Å²) in [7, 11) is 0. The molecule has 0 aromatic heterocycles. The first-order valence-corrected chi connectivity index (χ1v) is 17.1. The molecule has 5 aromatic rings. The third-order valence-electron chi connectivity index (χ3n) is 8.81. The van der Waals surface area contributed by atoms with Crippen molar-refractivity contribution >= 4 is 6.03 Å². The minimum absolute atomic E-state index is 0.00799. The molecule has 1 aliphatic rings. The standard InChI is InChI=1S/C42H45N3O4/c1-2-43-42(47)44-26-34-14-9-15-38(24-34)35-20-22-37(23-21-35)41-48-39(25-40(49-41)36-18-16-33(30-46)17-19-36)29-45(27-31-10-5-3-6-11-31)28-32-12-7-4-8-13-32/h3-24,39-41,46H,2,25-30H2,1H3,(H2,43,44,47)/t39-,40+,41+/m1/s1. The van der Waals surface area contributed by atoms with Crippen molar-refractivity contribution in [2.75, 3.05) is 13.1 Å². The highest BCUT2D eigenvalue weighted by atomic mass is 16.7. The van der Waals surface area contributed by atoms with Gasteiger partial charge in [0, 0.05) is 44.7 Å². The van der Waals surface area contributed by atoms with Crippen molar-refractivity contribution in [3.05, 3.63) is 167 Å². The van der Waals surface area contributed by atoms with E-state index in [4.69, 9.17) is 9.47 Å². The summed E-state index contributed by atoms with van der Waals surface area (Å²) in [6.07, 6.45) is -0.0780. The Labute approximate surface area is 289 Å². The Morgan fingerprint density at radius 1 is 0.694 bits per heavy atom. The van der Waals surface area contributed by atoms with Gasteiger partial charge >= 0.3 is 6.03 Å². The lowest BCUT2D eigenvalue weighted by atomic mass is 9.98. The van der Waals surface area contributed by atoms with E-state index in [9.17, 15) is 9.90 Å². The quantitative estimate of drug-likeness (QED) is 0.120. The van der Waals surface area contributed by atoms with Crippen molar-refractivity contribution in [2.45, 2.75) is 58.1 Å². The number of hydrogen-bond donors (Lipinski definition) is 3. The fraction of sp³-hybridized carbons (Fsp3) is 0.262. The lowest BCUT2D eigenvalue weighted by Gasteiger charge is -2.38. The third-order valence-corrected chi connectivity index (χ3v) is 8.81. The van der Waals surface area contributed by atoms with E-state index >= 15 is 0 Å². The van der Waals surface area contributed by atoms with Crippen molar-refractivity contribution in [1.29, 1.82) is 0 Å². The lowest BCUT2D eigenvalue weighted by molar-refractivity contribution is -0.253. The first-order valence-electron chi connectivity index (χ1n) is 17.1. The van der Waals surface area contributed by atoms with Gasteiger partial charge in [0.25, 0.3) is 0 Å². The number of nitrogens with zero attached hydrogens (tertiary/aromatic N) is 1. The maximum absolute atomic E-state index is 11.9. The van der Waals surface area contributed by atoms with Crippen LogP contribution in [-0.4, -0.2) is 35.2 Å². The molecule has 6 rings (SSSR count). The zero-order valence-electron chi connectivity index (χ0n) is 28.0. The predicted octanol–water partition coefficient (Wildman–Crippen LogP) is 7.91. The second kappa shape index (κ2) is 17.0. The van der Waals surface area contributed by atoms with Gasteiger partial charge in [-0.3, -0.25) is 4.90 Å². The Hall–Kier alpha value is -4.79. The van der Waals surface area contributed by atoms with E-state index in [1.807, 2.05) is 31.2 Å². The number of aliphatic hydroxyl groups is 1. The number of ether oxygens (including phenoxy) is 2. The molecule has 0 spiro atoms. The van der Waals surface area contributed by atoms with E-state index < -0.39 is 6.29 Å². The van der Waals surface area contributed by atoms with E-state index in [0.29, 0.717) is 19.5 Å². The highest BCUT2D eigenvalue weighted by Gasteiger charge is 2.33. The number of nitrogens with one attached hydrogen (secondary N) is 2. The Kier molecular flexibility index (Phi) is 11.9. The van der Waals surface area contributed by atoms with Crippen LogP contribution in [0.3, 0.4) is 0 Å². The number of benzene rings is 5. The predicted molar refractivity (Wildman–Crippen MR) is 193 cm³/mol. The van der Waals surface area contributed by atoms with Crippen LogP contribution in [0.1, 0.15) is 59.1 Å². The first kappa shape index (κ1) is 34.1. The van der Waals surface area contributed by atoms with Gasteiger partial charge in [-0.1, -0.05) is 127 Å². The van der Waals surface area contributed by atoms with Gasteiger partial charge in [-0.2, -0.15) is 0 Å². The normalized spacial score (nSPS) is 17.5. The molecule has 2 amide bonds. The summed E-state index contributed by atoms with van der Waals surface area (Å²) in [4.78, 5) is 14.3. The molecule has 0 bridgehead atoms. The van der Waals surface area contributed by atoms with Crippen LogP contribution in [0.25, 0.3) is 11.1 Å². The minimum atomic E-state index is -0.543. The van der Waals surface area contributed by atoms with Crippen LogP contribution in [0, 0.1) is 0 Å². The van der Waals surface area contributed by atoms with Crippen LogP contribution in [0.2, 0.25) is 0 Å². The molecule has 5 aromatic carbocycles. The zero-order chi connectivity index (χ0) is 33.8. The monoisotopic (exact) mass is 655 g/mol. The van der Waals surface area contributed by atoms with Crippen LogP contribution in [0.15, 0.2) is 133 Å². The van der Waals surface area contributed by atoms with Crippen molar-refractivity contribution < 1.29 is 19.4 Å². The van der Waals surface area contributed by atoms with Crippen LogP contribution >= 0.6 is 0 Å².